The van der Waals surface area contributed by atoms with E-state index in [-0.39, 0.29) is 0 Å². The molecule has 0 aliphatic carbocycles. The standard InChI is InChI=1S/C16H14Cl2N4O/c1-23-14-9(6-10(17)7-11(14)18)8-20-16-15(19)21-12-4-2-3-5-13(12)22-16/h2-7H,8H2,1H3,(H2,19,21)(H,20,22). The van der Waals surface area contributed by atoms with Gasteiger partial charge < -0.3 is 15.8 Å². The van der Waals surface area contributed by atoms with E-state index in [2.05, 4.69) is 15.3 Å². The van der Waals surface area contributed by atoms with Crippen LogP contribution in [-0.4, -0.2) is 17.1 Å². The van der Waals surface area contributed by atoms with Crippen molar-refractivity contribution in [2.24, 2.45) is 0 Å². The third kappa shape index (κ3) is 3.25. The SMILES string of the molecule is COc1c(Cl)cc(Cl)cc1CNc1nc2ccccc2nc1N. The summed E-state index contributed by atoms with van der Waals surface area (Å²) in [6.45, 7) is 0.403. The molecular weight excluding hydrogens is 335 g/mol. The van der Waals surface area contributed by atoms with Crippen molar-refractivity contribution >= 4 is 45.9 Å². The number of hydrogen-bond donors (Lipinski definition) is 2. The Morgan fingerprint density at radius 1 is 1.13 bits per heavy atom. The number of nitrogen functional groups attached to an aromatic ring is 1. The molecule has 118 valence electrons. The van der Waals surface area contributed by atoms with Crippen molar-refractivity contribution in [3.05, 3.63) is 52.0 Å². The van der Waals surface area contributed by atoms with Gasteiger partial charge in [0.05, 0.1) is 23.2 Å². The van der Waals surface area contributed by atoms with Crippen molar-refractivity contribution in [2.45, 2.75) is 6.54 Å². The number of nitrogens with zero attached hydrogens (tertiary/aromatic N) is 2. The van der Waals surface area contributed by atoms with Crippen molar-refractivity contribution in [1.82, 2.24) is 9.97 Å². The van der Waals surface area contributed by atoms with Crippen LogP contribution in [0.25, 0.3) is 11.0 Å². The number of halogens is 2. The second-order valence-electron chi connectivity index (χ2n) is 4.88. The topological polar surface area (TPSA) is 73.1 Å². The number of aromatic nitrogens is 2. The minimum Gasteiger partial charge on any atom is -0.495 e. The van der Waals surface area contributed by atoms with Crippen molar-refractivity contribution in [3.8, 4) is 5.75 Å². The van der Waals surface area contributed by atoms with Crippen LogP contribution in [0.1, 0.15) is 5.56 Å². The van der Waals surface area contributed by atoms with E-state index in [1.165, 1.54) is 0 Å². The van der Waals surface area contributed by atoms with Gasteiger partial charge in [-0.25, -0.2) is 9.97 Å². The molecule has 1 heterocycles. The molecule has 1 aromatic heterocycles. The van der Waals surface area contributed by atoms with Gasteiger partial charge in [0.25, 0.3) is 0 Å². The van der Waals surface area contributed by atoms with Gasteiger partial charge >= 0.3 is 0 Å². The first-order valence-corrected chi connectivity index (χ1v) is 7.62. The molecule has 0 saturated carbocycles. The van der Waals surface area contributed by atoms with E-state index in [1.807, 2.05) is 24.3 Å². The number of para-hydroxylation sites is 2. The number of anilines is 2. The van der Waals surface area contributed by atoms with E-state index in [4.69, 9.17) is 33.7 Å². The van der Waals surface area contributed by atoms with Gasteiger partial charge in [-0.1, -0.05) is 35.3 Å². The molecule has 23 heavy (non-hydrogen) atoms. The number of fused-ring (bicyclic) bond motifs is 1. The summed E-state index contributed by atoms with van der Waals surface area (Å²) in [4.78, 5) is 8.82. The maximum absolute atomic E-state index is 6.14. The van der Waals surface area contributed by atoms with Crippen LogP contribution in [0, 0.1) is 0 Å². The Kier molecular flexibility index (Phi) is 4.41. The van der Waals surface area contributed by atoms with Gasteiger partial charge in [-0.15, -0.1) is 0 Å². The highest BCUT2D eigenvalue weighted by molar-refractivity contribution is 6.35. The number of rotatable bonds is 4. The van der Waals surface area contributed by atoms with Crippen LogP contribution < -0.4 is 15.8 Å². The maximum atomic E-state index is 6.14. The summed E-state index contributed by atoms with van der Waals surface area (Å²) in [5.74, 6) is 1.40. The summed E-state index contributed by atoms with van der Waals surface area (Å²) in [5, 5.41) is 4.14. The lowest BCUT2D eigenvalue weighted by Crippen LogP contribution is -2.07. The van der Waals surface area contributed by atoms with Gasteiger partial charge in [-0.2, -0.15) is 0 Å². The molecule has 0 aliphatic heterocycles. The third-order valence-corrected chi connectivity index (χ3v) is 3.83. The predicted molar refractivity (Wildman–Crippen MR) is 94.3 cm³/mol. The van der Waals surface area contributed by atoms with E-state index >= 15 is 0 Å². The molecule has 7 heteroatoms. The van der Waals surface area contributed by atoms with E-state index in [0.717, 1.165) is 16.6 Å². The lowest BCUT2D eigenvalue weighted by Gasteiger charge is -2.13. The molecule has 3 N–H and O–H groups in total. The predicted octanol–water partition coefficient (Wildman–Crippen LogP) is 4.14. The Labute approximate surface area is 143 Å². The monoisotopic (exact) mass is 348 g/mol. The van der Waals surface area contributed by atoms with Crippen molar-refractivity contribution < 1.29 is 4.74 Å². The van der Waals surface area contributed by atoms with E-state index in [0.29, 0.717) is 34.0 Å². The molecule has 0 aliphatic rings. The van der Waals surface area contributed by atoms with Crippen LogP contribution >= 0.6 is 23.2 Å². The second-order valence-corrected chi connectivity index (χ2v) is 5.72. The zero-order valence-electron chi connectivity index (χ0n) is 12.3. The smallest absolute Gasteiger partial charge is 0.169 e. The summed E-state index contributed by atoms with van der Waals surface area (Å²) in [5.41, 5.74) is 8.28. The zero-order chi connectivity index (χ0) is 16.4. The van der Waals surface area contributed by atoms with Gasteiger partial charge in [0, 0.05) is 17.1 Å². The van der Waals surface area contributed by atoms with Crippen LogP contribution in [0.2, 0.25) is 10.0 Å². The van der Waals surface area contributed by atoms with Gasteiger partial charge in [-0.3, -0.25) is 0 Å². The third-order valence-electron chi connectivity index (χ3n) is 3.33. The van der Waals surface area contributed by atoms with Gasteiger partial charge in [0.2, 0.25) is 0 Å². The minimum atomic E-state index is 0.329. The number of nitrogens with one attached hydrogen (secondary N) is 1. The molecule has 0 bridgehead atoms. The van der Waals surface area contributed by atoms with Crippen molar-refractivity contribution in [3.63, 3.8) is 0 Å². The highest BCUT2D eigenvalue weighted by Crippen LogP contribution is 2.32. The van der Waals surface area contributed by atoms with Crippen LogP contribution in [0.4, 0.5) is 11.6 Å². The number of benzene rings is 2. The quantitative estimate of drug-likeness (QED) is 0.741. The first-order chi connectivity index (χ1) is 11.1. The molecule has 0 saturated heterocycles. The first-order valence-electron chi connectivity index (χ1n) is 6.86. The fraction of sp³-hybridized carbons (Fsp3) is 0.125. The number of ether oxygens (including phenoxy) is 1. The molecule has 0 atom stereocenters. The fourth-order valence-electron chi connectivity index (χ4n) is 2.30. The maximum Gasteiger partial charge on any atom is 0.169 e. The van der Waals surface area contributed by atoms with Crippen molar-refractivity contribution in [1.29, 1.82) is 0 Å². The Hall–Kier alpha value is -2.24. The average Bonchev–Trinajstić information content (AvgIpc) is 2.52. The molecule has 2 aromatic carbocycles. The van der Waals surface area contributed by atoms with Gasteiger partial charge in [0.15, 0.2) is 11.6 Å². The van der Waals surface area contributed by atoms with Crippen molar-refractivity contribution in [2.75, 3.05) is 18.2 Å². The summed E-state index contributed by atoms with van der Waals surface area (Å²) < 4.78 is 5.32. The molecule has 0 unspecified atom stereocenters. The summed E-state index contributed by atoms with van der Waals surface area (Å²) in [7, 11) is 1.56. The molecule has 5 nitrogen and oxygen atoms in total. The Bertz CT molecular complexity index is 870. The summed E-state index contributed by atoms with van der Waals surface area (Å²) in [6, 6.07) is 10.9. The second kappa shape index (κ2) is 6.48. The van der Waals surface area contributed by atoms with E-state index in [9.17, 15) is 0 Å². The minimum absolute atomic E-state index is 0.329. The first kappa shape index (κ1) is 15.6. The molecule has 0 radical (unpaired) electrons. The zero-order valence-corrected chi connectivity index (χ0v) is 13.8. The highest BCUT2D eigenvalue weighted by atomic mass is 35.5. The van der Waals surface area contributed by atoms with E-state index in [1.54, 1.807) is 19.2 Å². The largest absolute Gasteiger partial charge is 0.495 e. The fourth-order valence-corrected chi connectivity index (χ4v) is 2.91. The lowest BCUT2D eigenvalue weighted by molar-refractivity contribution is 0.410. The van der Waals surface area contributed by atoms with Crippen LogP contribution in [0.3, 0.4) is 0 Å². The highest BCUT2D eigenvalue weighted by Gasteiger charge is 2.11. The summed E-state index contributed by atoms with van der Waals surface area (Å²) in [6.07, 6.45) is 0. The normalized spacial score (nSPS) is 10.7. The number of hydrogen-bond acceptors (Lipinski definition) is 5. The van der Waals surface area contributed by atoms with Gasteiger partial charge in [-0.05, 0) is 24.3 Å². The Balaban J connectivity index is 1.90. The van der Waals surface area contributed by atoms with Gasteiger partial charge in [0.1, 0.15) is 5.75 Å². The number of nitrogens with two attached hydrogens (primary N) is 1. The summed E-state index contributed by atoms with van der Waals surface area (Å²) >= 11 is 12.2. The lowest BCUT2D eigenvalue weighted by atomic mass is 10.2. The molecule has 0 fully saturated rings. The van der Waals surface area contributed by atoms with Crippen LogP contribution in [0.5, 0.6) is 5.75 Å². The number of methoxy groups -OCH3 is 1. The Morgan fingerprint density at radius 3 is 2.52 bits per heavy atom. The molecule has 0 amide bonds. The molecule has 0 spiro atoms. The van der Waals surface area contributed by atoms with E-state index < -0.39 is 0 Å². The van der Waals surface area contributed by atoms with Crippen LogP contribution in [-0.2, 0) is 6.54 Å². The Morgan fingerprint density at radius 2 is 1.83 bits per heavy atom. The molecular formula is C16H14Cl2N4O. The molecule has 3 aromatic rings. The molecule has 3 rings (SSSR count). The average molecular weight is 349 g/mol. The van der Waals surface area contributed by atoms with Crippen LogP contribution in [0.15, 0.2) is 36.4 Å².